The summed E-state index contributed by atoms with van der Waals surface area (Å²) in [6, 6.07) is 0.613. The molecule has 0 radical (unpaired) electrons. The Balaban J connectivity index is 5.15. The molecule has 0 heterocycles. The maximum atomic E-state index is 5.00. The minimum absolute atomic E-state index is 0.00479. The van der Waals surface area contributed by atoms with Crippen molar-refractivity contribution in [2.75, 3.05) is 26.2 Å². The molecular formula is C18H39N3. The first-order valence-electron chi connectivity index (χ1n) is 8.90. The van der Waals surface area contributed by atoms with E-state index in [0.29, 0.717) is 6.04 Å². The van der Waals surface area contributed by atoms with Crippen LogP contribution in [0.25, 0.3) is 0 Å². The van der Waals surface area contributed by atoms with Gasteiger partial charge < -0.3 is 9.80 Å². The Morgan fingerprint density at radius 2 is 1.43 bits per heavy atom. The normalized spacial score (nSPS) is 13.3. The van der Waals surface area contributed by atoms with Gasteiger partial charge in [-0.1, -0.05) is 34.6 Å². The fourth-order valence-corrected chi connectivity index (χ4v) is 2.77. The van der Waals surface area contributed by atoms with Gasteiger partial charge in [0.05, 0.1) is 11.4 Å². The van der Waals surface area contributed by atoms with Gasteiger partial charge in [0.2, 0.25) is 0 Å². The first kappa shape index (κ1) is 20.4. The van der Waals surface area contributed by atoms with Crippen molar-refractivity contribution in [2.24, 2.45) is 4.99 Å². The van der Waals surface area contributed by atoms with Crippen molar-refractivity contribution in [3.05, 3.63) is 0 Å². The molecule has 0 atom stereocenters. The average molecular weight is 298 g/mol. The first-order chi connectivity index (χ1) is 9.82. The number of amidine groups is 1. The summed E-state index contributed by atoms with van der Waals surface area (Å²) in [6.07, 6.45) is 3.40. The van der Waals surface area contributed by atoms with E-state index in [1.807, 2.05) is 0 Å². The van der Waals surface area contributed by atoms with Gasteiger partial charge in [-0.3, -0.25) is 4.99 Å². The lowest BCUT2D eigenvalue weighted by Gasteiger charge is -2.36. The van der Waals surface area contributed by atoms with Crippen LogP contribution in [0.1, 0.15) is 74.7 Å². The van der Waals surface area contributed by atoms with Gasteiger partial charge in [0.15, 0.2) is 0 Å². The zero-order chi connectivity index (χ0) is 16.5. The average Bonchev–Trinajstić information content (AvgIpc) is 2.44. The molecule has 0 amide bonds. The molecule has 0 N–H and O–H groups in total. The first-order valence-corrected chi connectivity index (χ1v) is 8.90. The summed E-state index contributed by atoms with van der Waals surface area (Å²) in [7, 11) is 0. The molecule has 21 heavy (non-hydrogen) atoms. The third-order valence-electron chi connectivity index (χ3n) is 4.05. The summed E-state index contributed by atoms with van der Waals surface area (Å²) in [5, 5.41) is 0. The van der Waals surface area contributed by atoms with Crippen molar-refractivity contribution in [3.8, 4) is 0 Å². The molecule has 0 rings (SSSR count). The van der Waals surface area contributed by atoms with Crippen molar-refractivity contribution in [2.45, 2.75) is 86.2 Å². The second-order valence-corrected chi connectivity index (χ2v) is 6.74. The highest BCUT2D eigenvalue weighted by Gasteiger charge is 2.20. The lowest BCUT2D eigenvalue weighted by atomic mass is 10.1. The van der Waals surface area contributed by atoms with Gasteiger partial charge in [-0.2, -0.15) is 0 Å². The van der Waals surface area contributed by atoms with Crippen LogP contribution < -0.4 is 0 Å². The molecule has 0 aromatic heterocycles. The van der Waals surface area contributed by atoms with Gasteiger partial charge in [-0.25, -0.2) is 0 Å². The SMILES string of the molecule is CC/C(=N/C(C)(C)C)N(CCN(CC)CC)C(CC)CC. The summed E-state index contributed by atoms with van der Waals surface area (Å²) in [4.78, 5) is 10.1. The van der Waals surface area contributed by atoms with E-state index in [1.54, 1.807) is 0 Å². The van der Waals surface area contributed by atoms with Crippen LogP contribution in [-0.2, 0) is 0 Å². The third-order valence-corrected chi connectivity index (χ3v) is 4.05. The van der Waals surface area contributed by atoms with Gasteiger partial charge in [-0.15, -0.1) is 0 Å². The number of likely N-dealkylation sites (N-methyl/N-ethyl adjacent to an activating group) is 1. The molecule has 0 aromatic rings. The van der Waals surface area contributed by atoms with Crippen LogP contribution in [0.3, 0.4) is 0 Å². The maximum Gasteiger partial charge on any atom is 0.0995 e. The second kappa shape index (κ2) is 10.2. The summed E-state index contributed by atoms with van der Waals surface area (Å²) in [6.45, 7) is 22.4. The van der Waals surface area contributed by atoms with Crippen molar-refractivity contribution in [3.63, 3.8) is 0 Å². The van der Waals surface area contributed by atoms with E-state index < -0.39 is 0 Å². The van der Waals surface area contributed by atoms with Crippen molar-refractivity contribution in [1.29, 1.82) is 0 Å². The van der Waals surface area contributed by atoms with Gasteiger partial charge in [0.1, 0.15) is 0 Å². The van der Waals surface area contributed by atoms with E-state index in [4.69, 9.17) is 4.99 Å². The number of aliphatic imine (C=N–C) groups is 1. The fourth-order valence-electron chi connectivity index (χ4n) is 2.77. The zero-order valence-corrected chi connectivity index (χ0v) is 15.9. The highest BCUT2D eigenvalue weighted by atomic mass is 15.2. The maximum absolute atomic E-state index is 5.00. The summed E-state index contributed by atoms with van der Waals surface area (Å²) in [5.74, 6) is 1.28. The molecular weight excluding hydrogens is 258 g/mol. The lowest BCUT2D eigenvalue weighted by Crippen LogP contribution is -2.45. The number of nitrogens with zero attached hydrogens (tertiary/aromatic N) is 3. The summed E-state index contributed by atoms with van der Waals surface area (Å²) < 4.78 is 0. The monoisotopic (exact) mass is 297 g/mol. The van der Waals surface area contributed by atoms with E-state index in [9.17, 15) is 0 Å². The van der Waals surface area contributed by atoms with Crippen LogP contribution >= 0.6 is 0 Å². The lowest BCUT2D eigenvalue weighted by molar-refractivity contribution is 0.226. The van der Waals surface area contributed by atoms with Gasteiger partial charge >= 0.3 is 0 Å². The molecule has 0 unspecified atom stereocenters. The molecule has 3 heteroatoms. The Hall–Kier alpha value is -0.570. The number of hydrogen-bond acceptors (Lipinski definition) is 2. The minimum atomic E-state index is 0.00479. The Labute approximate surface area is 133 Å². The third kappa shape index (κ3) is 7.85. The highest BCUT2D eigenvalue weighted by molar-refractivity contribution is 5.82. The van der Waals surface area contributed by atoms with E-state index in [-0.39, 0.29) is 5.54 Å². The van der Waals surface area contributed by atoms with Crippen LogP contribution in [0, 0.1) is 0 Å². The smallest absolute Gasteiger partial charge is 0.0995 e. The van der Waals surface area contributed by atoms with Crippen LogP contribution in [0.2, 0.25) is 0 Å². The molecule has 0 bridgehead atoms. The predicted octanol–water partition coefficient (Wildman–Crippen LogP) is 4.43. The van der Waals surface area contributed by atoms with Crippen LogP contribution in [-0.4, -0.2) is 53.4 Å². The van der Waals surface area contributed by atoms with Crippen molar-refractivity contribution < 1.29 is 0 Å². The molecule has 0 spiro atoms. The molecule has 0 aliphatic carbocycles. The highest BCUT2D eigenvalue weighted by Crippen LogP contribution is 2.16. The predicted molar refractivity (Wildman–Crippen MR) is 96.3 cm³/mol. The topological polar surface area (TPSA) is 18.8 Å². The molecule has 0 aliphatic heterocycles. The molecule has 0 aromatic carbocycles. The molecule has 0 fully saturated rings. The fraction of sp³-hybridized carbons (Fsp3) is 0.944. The Kier molecular flexibility index (Phi) is 9.93. The van der Waals surface area contributed by atoms with Gasteiger partial charge in [0, 0.05) is 25.6 Å². The zero-order valence-electron chi connectivity index (χ0n) is 15.9. The number of hydrogen-bond donors (Lipinski definition) is 0. The van der Waals surface area contributed by atoms with Crippen LogP contribution in [0.5, 0.6) is 0 Å². The molecule has 0 saturated heterocycles. The molecule has 0 aliphatic rings. The molecule has 126 valence electrons. The Morgan fingerprint density at radius 1 is 0.905 bits per heavy atom. The van der Waals surface area contributed by atoms with E-state index >= 15 is 0 Å². The van der Waals surface area contributed by atoms with Gasteiger partial charge in [-0.05, 0) is 46.7 Å². The standard InChI is InChI=1S/C18H39N3/c1-9-16(10-2)21(15-14-20(12-4)13-5)17(11-3)19-18(6,7)8/h16H,9-15H2,1-8H3/b19-17-. The van der Waals surface area contributed by atoms with Crippen molar-refractivity contribution in [1.82, 2.24) is 9.80 Å². The summed E-state index contributed by atoms with van der Waals surface area (Å²) in [5.41, 5.74) is 0.00479. The minimum Gasteiger partial charge on any atom is -0.356 e. The Morgan fingerprint density at radius 3 is 1.76 bits per heavy atom. The van der Waals surface area contributed by atoms with Crippen molar-refractivity contribution >= 4 is 5.84 Å². The van der Waals surface area contributed by atoms with E-state index in [1.165, 1.54) is 18.7 Å². The van der Waals surface area contributed by atoms with Gasteiger partial charge in [0.25, 0.3) is 0 Å². The van der Waals surface area contributed by atoms with E-state index in [0.717, 1.165) is 32.6 Å². The second-order valence-electron chi connectivity index (χ2n) is 6.74. The number of rotatable bonds is 9. The Bertz CT molecular complexity index is 283. The van der Waals surface area contributed by atoms with Crippen LogP contribution in [0.15, 0.2) is 4.99 Å². The molecule has 3 nitrogen and oxygen atoms in total. The summed E-state index contributed by atoms with van der Waals surface area (Å²) >= 11 is 0. The molecule has 0 saturated carbocycles. The van der Waals surface area contributed by atoms with E-state index in [2.05, 4.69) is 65.2 Å². The quantitative estimate of drug-likeness (QED) is 0.463. The van der Waals surface area contributed by atoms with Crippen LogP contribution in [0.4, 0.5) is 0 Å². The largest absolute Gasteiger partial charge is 0.356 e.